The van der Waals surface area contributed by atoms with Gasteiger partial charge in [0.05, 0.1) is 11.3 Å². The van der Waals surface area contributed by atoms with Crippen molar-refractivity contribution in [2.45, 2.75) is 51.7 Å². The summed E-state index contributed by atoms with van der Waals surface area (Å²) < 4.78 is 1.94. The fourth-order valence-electron chi connectivity index (χ4n) is 2.36. The van der Waals surface area contributed by atoms with Gasteiger partial charge in [0.25, 0.3) is 5.56 Å². The highest BCUT2D eigenvalue weighted by Gasteiger charge is 2.31. The Bertz CT molecular complexity index is 486. The lowest BCUT2D eigenvalue weighted by molar-refractivity contribution is 0.587. The van der Waals surface area contributed by atoms with Crippen LogP contribution in [0.25, 0.3) is 0 Å². The first-order valence-electron chi connectivity index (χ1n) is 6.03. The molecular formula is C12H17N3O. The van der Waals surface area contributed by atoms with Crippen LogP contribution in [0, 0.1) is 0 Å². The summed E-state index contributed by atoms with van der Waals surface area (Å²) in [4.78, 5) is 17.0. The summed E-state index contributed by atoms with van der Waals surface area (Å²) >= 11 is 0. The molecule has 2 aliphatic rings. The highest BCUT2D eigenvalue weighted by atomic mass is 16.1. The molecule has 1 aromatic rings. The van der Waals surface area contributed by atoms with Crippen molar-refractivity contribution in [3.8, 4) is 0 Å². The molecule has 3 rings (SSSR count). The van der Waals surface area contributed by atoms with E-state index in [2.05, 4.69) is 24.1 Å². The molecule has 0 radical (unpaired) electrons. The minimum atomic E-state index is 0.196. The molecule has 0 aromatic carbocycles. The normalized spacial score (nSPS) is 19.2. The lowest BCUT2D eigenvalue weighted by Crippen LogP contribution is -2.28. The fourth-order valence-corrected chi connectivity index (χ4v) is 2.36. The zero-order valence-corrected chi connectivity index (χ0v) is 9.79. The number of nitrogens with zero attached hydrogens (tertiary/aromatic N) is 2. The number of hydrogen-bond acceptors (Lipinski definition) is 3. The summed E-state index contributed by atoms with van der Waals surface area (Å²) in [7, 11) is 0. The van der Waals surface area contributed by atoms with Crippen LogP contribution in [0.3, 0.4) is 0 Å². The van der Waals surface area contributed by atoms with E-state index < -0.39 is 0 Å². The number of aromatic nitrogens is 2. The van der Waals surface area contributed by atoms with Gasteiger partial charge in [-0.15, -0.1) is 0 Å². The van der Waals surface area contributed by atoms with E-state index in [0.29, 0.717) is 18.5 Å². The van der Waals surface area contributed by atoms with Crippen molar-refractivity contribution in [2.24, 2.45) is 0 Å². The third-order valence-corrected chi connectivity index (χ3v) is 3.34. The smallest absolute Gasteiger partial charge is 0.258 e. The molecule has 1 aromatic heterocycles. The summed E-state index contributed by atoms with van der Waals surface area (Å²) in [6, 6.07) is 0.420. The Hall–Kier alpha value is -1.16. The maximum absolute atomic E-state index is 12.4. The molecule has 16 heavy (non-hydrogen) atoms. The highest BCUT2D eigenvalue weighted by molar-refractivity contribution is 5.24. The van der Waals surface area contributed by atoms with Gasteiger partial charge in [0.2, 0.25) is 0 Å². The third-order valence-electron chi connectivity index (χ3n) is 3.34. The van der Waals surface area contributed by atoms with E-state index in [1.54, 1.807) is 0 Å². The molecule has 0 atom stereocenters. The largest absolute Gasteiger partial charge is 0.307 e. The number of fused-ring (bicyclic) bond motifs is 1. The van der Waals surface area contributed by atoms with Gasteiger partial charge < -0.3 is 5.32 Å². The van der Waals surface area contributed by atoms with Crippen LogP contribution in [-0.4, -0.2) is 9.55 Å². The van der Waals surface area contributed by atoms with Gasteiger partial charge in [-0.05, 0) is 12.8 Å². The minimum absolute atomic E-state index is 0.196. The SMILES string of the molecule is CC(C)c1nc2c(c(=O)n1C1CC1)CNC2. The second kappa shape index (κ2) is 3.42. The Morgan fingerprint density at radius 3 is 2.75 bits per heavy atom. The number of hydrogen-bond donors (Lipinski definition) is 1. The van der Waals surface area contributed by atoms with Crippen LogP contribution >= 0.6 is 0 Å². The first-order valence-corrected chi connectivity index (χ1v) is 6.03. The lowest BCUT2D eigenvalue weighted by atomic mass is 10.1. The zero-order valence-electron chi connectivity index (χ0n) is 9.79. The molecule has 0 bridgehead atoms. The molecule has 1 N–H and O–H groups in total. The fraction of sp³-hybridized carbons (Fsp3) is 0.667. The molecule has 0 saturated heterocycles. The average Bonchev–Trinajstić information content (AvgIpc) is 2.95. The minimum Gasteiger partial charge on any atom is -0.307 e. The van der Waals surface area contributed by atoms with Crippen LogP contribution in [0.5, 0.6) is 0 Å². The molecule has 0 spiro atoms. The Balaban J connectivity index is 2.24. The number of rotatable bonds is 2. The van der Waals surface area contributed by atoms with Crippen molar-refractivity contribution in [3.63, 3.8) is 0 Å². The van der Waals surface area contributed by atoms with Crippen LogP contribution in [0.1, 0.15) is 55.7 Å². The molecule has 1 aliphatic carbocycles. The molecule has 0 unspecified atom stereocenters. The maximum Gasteiger partial charge on any atom is 0.258 e. The van der Waals surface area contributed by atoms with Crippen LogP contribution < -0.4 is 10.9 Å². The highest BCUT2D eigenvalue weighted by Crippen LogP contribution is 2.36. The monoisotopic (exact) mass is 219 g/mol. The van der Waals surface area contributed by atoms with E-state index in [0.717, 1.165) is 36.5 Å². The van der Waals surface area contributed by atoms with Gasteiger partial charge in [0.1, 0.15) is 5.82 Å². The van der Waals surface area contributed by atoms with Gasteiger partial charge in [-0.25, -0.2) is 4.98 Å². The molecule has 1 saturated carbocycles. The number of nitrogens with one attached hydrogen (secondary N) is 1. The van der Waals surface area contributed by atoms with Crippen molar-refractivity contribution in [2.75, 3.05) is 0 Å². The molecule has 2 heterocycles. The molecule has 86 valence electrons. The second-order valence-corrected chi connectivity index (χ2v) is 5.06. The van der Waals surface area contributed by atoms with Crippen LogP contribution in [0.15, 0.2) is 4.79 Å². The van der Waals surface area contributed by atoms with Gasteiger partial charge in [-0.2, -0.15) is 0 Å². The zero-order chi connectivity index (χ0) is 11.3. The van der Waals surface area contributed by atoms with Crippen molar-refractivity contribution in [3.05, 3.63) is 27.4 Å². The summed E-state index contributed by atoms with van der Waals surface area (Å²) in [5.41, 5.74) is 2.04. The standard InChI is InChI=1S/C12H17N3O/c1-7(2)11-14-10-6-13-5-9(10)12(16)15(11)8-3-4-8/h7-8,13H,3-6H2,1-2H3. The van der Waals surface area contributed by atoms with Crippen LogP contribution in [0.4, 0.5) is 0 Å². The van der Waals surface area contributed by atoms with Gasteiger partial charge in [-0.1, -0.05) is 13.8 Å². The third kappa shape index (κ3) is 1.40. The van der Waals surface area contributed by atoms with Crippen molar-refractivity contribution in [1.82, 2.24) is 14.9 Å². The lowest BCUT2D eigenvalue weighted by Gasteiger charge is -2.15. The Labute approximate surface area is 94.7 Å². The van der Waals surface area contributed by atoms with Crippen molar-refractivity contribution < 1.29 is 0 Å². The second-order valence-electron chi connectivity index (χ2n) is 5.06. The summed E-state index contributed by atoms with van der Waals surface area (Å²) in [5, 5.41) is 3.21. The maximum atomic E-state index is 12.4. The van der Waals surface area contributed by atoms with Gasteiger partial charge in [-0.3, -0.25) is 9.36 Å². The van der Waals surface area contributed by atoms with E-state index in [1.807, 2.05) is 4.57 Å². The summed E-state index contributed by atoms with van der Waals surface area (Å²) in [5.74, 6) is 1.29. The predicted molar refractivity (Wildman–Crippen MR) is 61.4 cm³/mol. The van der Waals surface area contributed by atoms with Crippen LogP contribution in [-0.2, 0) is 13.1 Å². The Morgan fingerprint density at radius 1 is 1.38 bits per heavy atom. The topological polar surface area (TPSA) is 46.9 Å². The molecule has 4 nitrogen and oxygen atoms in total. The molecule has 4 heteroatoms. The quantitative estimate of drug-likeness (QED) is 0.815. The van der Waals surface area contributed by atoms with E-state index >= 15 is 0 Å². The van der Waals surface area contributed by atoms with E-state index in [9.17, 15) is 4.79 Å². The van der Waals surface area contributed by atoms with Gasteiger partial charge in [0.15, 0.2) is 0 Å². The van der Waals surface area contributed by atoms with Crippen molar-refractivity contribution in [1.29, 1.82) is 0 Å². The first-order chi connectivity index (χ1) is 7.68. The van der Waals surface area contributed by atoms with Gasteiger partial charge in [0, 0.05) is 25.0 Å². The molecule has 1 fully saturated rings. The molecule has 0 amide bonds. The molecular weight excluding hydrogens is 202 g/mol. The predicted octanol–water partition coefficient (Wildman–Crippen LogP) is 1.30. The average molecular weight is 219 g/mol. The van der Waals surface area contributed by atoms with Gasteiger partial charge >= 0.3 is 0 Å². The molecule has 1 aliphatic heterocycles. The Morgan fingerprint density at radius 2 is 2.12 bits per heavy atom. The van der Waals surface area contributed by atoms with E-state index in [4.69, 9.17) is 0 Å². The van der Waals surface area contributed by atoms with Crippen molar-refractivity contribution >= 4 is 0 Å². The Kier molecular flexibility index (Phi) is 2.14. The van der Waals surface area contributed by atoms with E-state index in [1.165, 1.54) is 0 Å². The summed E-state index contributed by atoms with van der Waals surface area (Å²) in [6.45, 7) is 5.65. The van der Waals surface area contributed by atoms with Crippen LogP contribution in [0.2, 0.25) is 0 Å². The van der Waals surface area contributed by atoms with E-state index in [-0.39, 0.29) is 5.56 Å². The first kappa shape index (κ1) is 10.0. The summed E-state index contributed by atoms with van der Waals surface area (Å²) in [6.07, 6.45) is 2.26.